The van der Waals surface area contributed by atoms with Gasteiger partial charge in [-0.1, -0.05) is 11.6 Å². The molecular formula is C31H40ClN7O3. The third kappa shape index (κ3) is 3.91. The molecule has 6 fully saturated rings. The quantitative estimate of drug-likeness (QED) is 0.299. The Balaban J connectivity index is 1.17. The van der Waals surface area contributed by atoms with Gasteiger partial charge >= 0.3 is 0 Å². The smallest absolute Gasteiger partial charge is 0.254 e. The molecule has 1 aromatic carbocycles. The average molecular weight is 594 g/mol. The Morgan fingerprint density at radius 3 is 2.45 bits per heavy atom. The number of benzene rings is 1. The van der Waals surface area contributed by atoms with Crippen LogP contribution in [0.5, 0.6) is 0 Å². The van der Waals surface area contributed by atoms with E-state index in [1.165, 1.54) is 12.6 Å². The van der Waals surface area contributed by atoms with Gasteiger partial charge in [0.25, 0.3) is 5.91 Å². The first-order valence-corrected chi connectivity index (χ1v) is 15.8. The fourth-order valence-corrected chi connectivity index (χ4v) is 8.61. The van der Waals surface area contributed by atoms with Crippen LogP contribution in [0, 0.1) is 24.7 Å². The zero-order valence-corrected chi connectivity index (χ0v) is 25.3. The van der Waals surface area contributed by atoms with E-state index in [2.05, 4.69) is 21.4 Å². The van der Waals surface area contributed by atoms with E-state index in [4.69, 9.17) is 37.3 Å². The Morgan fingerprint density at radius 2 is 1.86 bits per heavy atom. The number of aryl methyl sites for hydroxylation is 1. The molecule has 11 heteroatoms. The molecule has 42 heavy (non-hydrogen) atoms. The number of carbonyl (C=O) groups excluding carboxylic acids is 1. The first-order valence-electron chi connectivity index (χ1n) is 15.4. The van der Waals surface area contributed by atoms with Gasteiger partial charge in [0.1, 0.15) is 0 Å². The fourth-order valence-electron chi connectivity index (χ4n) is 8.36. The van der Waals surface area contributed by atoms with Crippen LogP contribution in [0.3, 0.4) is 0 Å². The zero-order valence-electron chi connectivity index (χ0n) is 24.5. The summed E-state index contributed by atoms with van der Waals surface area (Å²) in [7, 11) is 0. The highest BCUT2D eigenvalue weighted by Crippen LogP contribution is 2.56. The van der Waals surface area contributed by atoms with Gasteiger partial charge in [0.2, 0.25) is 0 Å². The normalized spacial score (nSPS) is 26.5. The van der Waals surface area contributed by atoms with Gasteiger partial charge in [-0.25, -0.2) is 0 Å². The number of ether oxygens (including phenoxy) is 2. The highest BCUT2D eigenvalue weighted by molar-refractivity contribution is 6.35. The Morgan fingerprint density at radius 1 is 1.12 bits per heavy atom. The molecule has 5 heterocycles. The molecule has 1 aromatic heterocycles. The number of anilines is 2. The number of hydrogen-bond acceptors (Lipinski definition) is 8. The SMILES string of the molecule is Cc1cc(N)c(C=N)c(-c2c(N3CCN(C4COC4)CC34CCC4)nn(C3CC4(C3)CN(C(=O)C3CO3)C4)c2C)c1Cl. The van der Waals surface area contributed by atoms with Crippen LogP contribution >= 0.6 is 11.6 Å². The lowest BCUT2D eigenvalue weighted by atomic mass is 9.60. The summed E-state index contributed by atoms with van der Waals surface area (Å²) in [5, 5.41) is 14.4. The molecule has 4 saturated heterocycles. The molecule has 224 valence electrons. The fraction of sp³-hybridized carbons (Fsp3) is 0.645. The maximum atomic E-state index is 12.5. The number of nitrogens with two attached hydrogens (primary N) is 1. The van der Waals surface area contributed by atoms with E-state index in [1.54, 1.807) is 0 Å². The number of nitrogens with one attached hydrogen (secondary N) is 1. The van der Waals surface area contributed by atoms with Crippen molar-refractivity contribution < 1.29 is 14.3 Å². The number of carbonyl (C=O) groups is 1. The number of piperazine rings is 1. The lowest BCUT2D eigenvalue weighted by Gasteiger charge is -2.59. The lowest BCUT2D eigenvalue weighted by Crippen LogP contribution is -2.69. The molecule has 4 aliphatic heterocycles. The van der Waals surface area contributed by atoms with Crippen molar-refractivity contribution >= 4 is 35.2 Å². The van der Waals surface area contributed by atoms with Crippen LogP contribution in [0.1, 0.15) is 55.0 Å². The molecule has 2 aliphatic carbocycles. The largest absolute Gasteiger partial charge is 0.398 e. The maximum absolute atomic E-state index is 12.5. The van der Waals surface area contributed by atoms with Gasteiger partial charge < -0.3 is 30.4 Å². The Kier molecular flexibility index (Phi) is 6.04. The van der Waals surface area contributed by atoms with E-state index in [0.717, 1.165) is 99.8 Å². The maximum Gasteiger partial charge on any atom is 0.254 e. The van der Waals surface area contributed by atoms with Crippen LogP contribution in [-0.4, -0.2) is 102 Å². The van der Waals surface area contributed by atoms with Crippen molar-refractivity contribution in [2.45, 2.75) is 69.7 Å². The van der Waals surface area contributed by atoms with E-state index >= 15 is 0 Å². The molecule has 1 amide bonds. The monoisotopic (exact) mass is 593 g/mol. The number of nitrogens with zero attached hydrogens (tertiary/aromatic N) is 5. The second kappa shape index (κ2) is 9.42. The van der Waals surface area contributed by atoms with Crippen molar-refractivity contribution in [3.8, 4) is 11.1 Å². The molecule has 1 unspecified atom stereocenters. The van der Waals surface area contributed by atoms with E-state index in [-0.39, 0.29) is 29.0 Å². The number of aromatic nitrogens is 2. The minimum absolute atomic E-state index is 0.0431. The van der Waals surface area contributed by atoms with Crippen molar-refractivity contribution in [3.05, 3.63) is 27.9 Å². The minimum Gasteiger partial charge on any atom is -0.398 e. The predicted octanol–water partition coefficient (Wildman–Crippen LogP) is 3.41. The molecule has 0 radical (unpaired) electrons. The lowest BCUT2D eigenvalue weighted by molar-refractivity contribution is -0.155. The van der Waals surface area contributed by atoms with Crippen LogP contribution in [0.25, 0.3) is 11.1 Å². The average Bonchev–Trinajstić information content (AvgIpc) is 3.67. The van der Waals surface area contributed by atoms with Gasteiger partial charge in [0, 0.05) is 72.4 Å². The summed E-state index contributed by atoms with van der Waals surface area (Å²) in [5.41, 5.74) is 11.8. The number of rotatable bonds is 6. The second-order valence-corrected chi connectivity index (χ2v) is 14.1. The molecule has 2 aromatic rings. The molecule has 1 atom stereocenters. The van der Waals surface area contributed by atoms with Gasteiger partial charge in [0.15, 0.2) is 11.9 Å². The summed E-state index contributed by atoms with van der Waals surface area (Å²) in [6.07, 6.45) is 6.65. The first-order chi connectivity index (χ1) is 20.2. The Hall–Kier alpha value is -2.66. The number of amides is 1. The molecule has 3 N–H and O–H groups in total. The zero-order chi connectivity index (χ0) is 29.0. The van der Waals surface area contributed by atoms with Crippen LogP contribution < -0.4 is 10.6 Å². The van der Waals surface area contributed by atoms with Crippen molar-refractivity contribution in [2.75, 3.05) is 63.2 Å². The standard InChI is InChI=1S/C31H40ClN7O3/c1-18-8-23(34)22(11-33)26(27(18)32)25-19(2)39(20-9-30(10-20)15-37(16-30)29(40)24-14-42-24)35-28(25)38-7-6-36(21-12-41-13-21)17-31(38)4-3-5-31/h8,11,20-21,24,33H,3-7,9-10,12-17,34H2,1-2H3. The van der Waals surface area contributed by atoms with Crippen molar-refractivity contribution in [1.29, 1.82) is 5.41 Å². The summed E-state index contributed by atoms with van der Waals surface area (Å²) in [4.78, 5) is 19.6. The highest BCUT2D eigenvalue weighted by atomic mass is 35.5. The minimum atomic E-state index is -0.206. The first kappa shape index (κ1) is 26.9. The summed E-state index contributed by atoms with van der Waals surface area (Å²) in [6, 6.07) is 2.65. The van der Waals surface area contributed by atoms with Gasteiger partial charge in [-0.05, 0) is 57.6 Å². The number of hydrogen-bond donors (Lipinski definition) is 2. The predicted molar refractivity (Wildman–Crippen MR) is 162 cm³/mol. The van der Waals surface area contributed by atoms with Crippen LogP contribution in [0.2, 0.25) is 5.02 Å². The molecule has 10 nitrogen and oxygen atoms in total. The number of epoxide rings is 1. The molecule has 8 rings (SSSR count). The van der Waals surface area contributed by atoms with E-state index in [0.29, 0.717) is 28.9 Å². The van der Waals surface area contributed by atoms with E-state index in [1.807, 2.05) is 17.9 Å². The van der Waals surface area contributed by atoms with Crippen molar-refractivity contribution in [2.24, 2.45) is 5.41 Å². The Bertz CT molecular complexity index is 1460. The van der Waals surface area contributed by atoms with Crippen LogP contribution in [0.4, 0.5) is 11.5 Å². The van der Waals surface area contributed by atoms with Gasteiger partial charge in [-0.15, -0.1) is 0 Å². The van der Waals surface area contributed by atoms with E-state index < -0.39 is 0 Å². The molecule has 0 bridgehead atoms. The topological polar surface area (TPSA) is 116 Å². The van der Waals surface area contributed by atoms with Crippen molar-refractivity contribution in [3.63, 3.8) is 0 Å². The number of likely N-dealkylation sites (tertiary alicyclic amines) is 1. The highest BCUT2D eigenvalue weighted by Gasteiger charge is 2.57. The van der Waals surface area contributed by atoms with E-state index in [9.17, 15) is 4.79 Å². The summed E-state index contributed by atoms with van der Waals surface area (Å²) in [5.74, 6) is 1.12. The summed E-state index contributed by atoms with van der Waals surface area (Å²) < 4.78 is 13.0. The molecular weight excluding hydrogens is 554 g/mol. The number of nitrogen functional groups attached to an aromatic ring is 1. The van der Waals surface area contributed by atoms with Gasteiger partial charge in [0.05, 0.1) is 42.5 Å². The van der Waals surface area contributed by atoms with Crippen LogP contribution in [0.15, 0.2) is 6.07 Å². The van der Waals surface area contributed by atoms with Gasteiger partial charge in [-0.2, -0.15) is 5.10 Å². The third-order valence-electron chi connectivity index (χ3n) is 11.1. The second-order valence-electron chi connectivity index (χ2n) is 13.7. The number of halogens is 1. The molecule has 2 saturated carbocycles. The molecule has 6 aliphatic rings. The summed E-state index contributed by atoms with van der Waals surface area (Å²) >= 11 is 7.08. The summed E-state index contributed by atoms with van der Waals surface area (Å²) in [6.45, 7) is 10.9. The van der Waals surface area contributed by atoms with Crippen molar-refractivity contribution in [1.82, 2.24) is 19.6 Å². The molecule has 2 spiro atoms. The van der Waals surface area contributed by atoms with Crippen LogP contribution in [-0.2, 0) is 14.3 Å². The van der Waals surface area contributed by atoms with Gasteiger partial charge in [-0.3, -0.25) is 14.4 Å². The third-order valence-corrected chi connectivity index (χ3v) is 11.5. The Labute approximate surface area is 251 Å².